The lowest BCUT2D eigenvalue weighted by Gasteiger charge is -2.34. The second-order valence-corrected chi connectivity index (χ2v) is 5.43. The van der Waals surface area contributed by atoms with Gasteiger partial charge in [0, 0.05) is 6.04 Å². The van der Waals surface area contributed by atoms with Crippen LogP contribution in [0.25, 0.3) is 0 Å². The molecular formula is C12H25N3O. The fourth-order valence-electron chi connectivity index (χ4n) is 2.35. The molecule has 4 nitrogen and oxygen atoms in total. The van der Waals surface area contributed by atoms with Crippen LogP contribution >= 0.6 is 0 Å². The average Bonchev–Trinajstić information content (AvgIpc) is 2.13. The number of hydrogen-bond donors (Lipinski definition) is 3. The Hall–Kier alpha value is -0.770. The fourth-order valence-corrected chi connectivity index (χ4v) is 2.35. The van der Waals surface area contributed by atoms with E-state index in [9.17, 15) is 5.11 Å². The van der Waals surface area contributed by atoms with E-state index in [4.69, 9.17) is 5.73 Å². The van der Waals surface area contributed by atoms with Crippen LogP contribution in [0.4, 0.5) is 0 Å². The van der Waals surface area contributed by atoms with Gasteiger partial charge in [-0.3, -0.25) is 4.99 Å². The van der Waals surface area contributed by atoms with E-state index in [2.05, 4.69) is 17.2 Å². The molecule has 0 aromatic heterocycles. The maximum absolute atomic E-state index is 10.3. The van der Waals surface area contributed by atoms with Crippen LogP contribution < -0.4 is 11.1 Å². The highest BCUT2D eigenvalue weighted by Crippen LogP contribution is 2.32. The molecule has 0 saturated heterocycles. The smallest absolute Gasteiger partial charge is 0.188 e. The van der Waals surface area contributed by atoms with Crippen LogP contribution in [0.15, 0.2) is 4.99 Å². The maximum Gasteiger partial charge on any atom is 0.188 e. The topological polar surface area (TPSA) is 70.6 Å². The number of rotatable bonds is 3. The predicted octanol–water partition coefficient (Wildman–Crippen LogP) is 1.24. The lowest BCUT2D eigenvalue weighted by Crippen LogP contribution is -2.41. The van der Waals surface area contributed by atoms with Gasteiger partial charge < -0.3 is 16.2 Å². The summed E-state index contributed by atoms with van der Waals surface area (Å²) in [5.74, 6) is 1.02. The van der Waals surface area contributed by atoms with Gasteiger partial charge in [-0.25, -0.2) is 0 Å². The highest BCUT2D eigenvalue weighted by molar-refractivity contribution is 5.78. The number of nitrogens with one attached hydrogen (secondary N) is 1. The van der Waals surface area contributed by atoms with Gasteiger partial charge in [-0.2, -0.15) is 0 Å². The van der Waals surface area contributed by atoms with Gasteiger partial charge >= 0.3 is 0 Å². The first-order chi connectivity index (χ1) is 7.41. The summed E-state index contributed by atoms with van der Waals surface area (Å²) in [6.45, 7) is 6.63. The molecule has 4 N–H and O–H groups in total. The summed E-state index contributed by atoms with van der Waals surface area (Å²) >= 11 is 0. The molecule has 4 heteroatoms. The molecule has 0 spiro atoms. The first-order valence-corrected chi connectivity index (χ1v) is 6.20. The van der Waals surface area contributed by atoms with E-state index in [0.29, 0.717) is 18.4 Å². The molecule has 94 valence electrons. The second-order valence-electron chi connectivity index (χ2n) is 5.43. The monoisotopic (exact) mass is 227 g/mol. The summed E-state index contributed by atoms with van der Waals surface area (Å²) in [6, 6.07) is 0.281. The normalized spacial score (nSPS) is 31.8. The minimum absolute atomic E-state index is 0.281. The van der Waals surface area contributed by atoms with E-state index < -0.39 is 5.60 Å². The van der Waals surface area contributed by atoms with Crippen LogP contribution in [0.3, 0.4) is 0 Å². The van der Waals surface area contributed by atoms with Gasteiger partial charge in [0.05, 0.1) is 12.1 Å². The summed E-state index contributed by atoms with van der Waals surface area (Å²) in [4.78, 5) is 4.23. The van der Waals surface area contributed by atoms with E-state index in [1.54, 1.807) is 0 Å². The molecule has 0 aromatic carbocycles. The number of hydrogen-bond acceptors (Lipinski definition) is 2. The van der Waals surface area contributed by atoms with E-state index in [1.165, 1.54) is 6.42 Å². The lowest BCUT2D eigenvalue weighted by atomic mass is 9.79. The highest BCUT2D eigenvalue weighted by Gasteiger charge is 2.32. The third kappa shape index (κ3) is 4.39. The van der Waals surface area contributed by atoms with Crippen molar-refractivity contribution in [1.82, 2.24) is 5.32 Å². The van der Waals surface area contributed by atoms with Gasteiger partial charge in [0.25, 0.3) is 0 Å². The van der Waals surface area contributed by atoms with Crippen molar-refractivity contribution >= 4 is 5.96 Å². The van der Waals surface area contributed by atoms with Crippen molar-refractivity contribution in [2.24, 2.45) is 16.6 Å². The van der Waals surface area contributed by atoms with E-state index in [0.717, 1.165) is 19.3 Å². The predicted molar refractivity (Wildman–Crippen MR) is 67.3 cm³/mol. The SMILES string of the molecule is CC1CCCC(O)(CN=C(N)NC(C)C)C1. The van der Waals surface area contributed by atoms with Crippen molar-refractivity contribution in [3.8, 4) is 0 Å². The Morgan fingerprint density at radius 1 is 1.62 bits per heavy atom. The number of aliphatic imine (C=N–C) groups is 1. The molecule has 16 heavy (non-hydrogen) atoms. The molecule has 1 aliphatic carbocycles. The van der Waals surface area contributed by atoms with E-state index >= 15 is 0 Å². The molecule has 0 bridgehead atoms. The Morgan fingerprint density at radius 3 is 2.88 bits per heavy atom. The van der Waals surface area contributed by atoms with Gasteiger partial charge in [-0.15, -0.1) is 0 Å². The Labute approximate surface area is 98.3 Å². The molecular weight excluding hydrogens is 202 g/mol. The summed E-state index contributed by atoms with van der Waals surface area (Å²) in [5.41, 5.74) is 5.08. The Balaban J connectivity index is 2.46. The number of nitrogens with two attached hydrogens (primary N) is 1. The van der Waals surface area contributed by atoms with Gasteiger partial charge in [0.15, 0.2) is 5.96 Å². The van der Waals surface area contributed by atoms with Crippen LogP contribution in [0.1, 0.15) is 46.5 Å². The van der Waals surface area contributed by atoms with E-state index in [1.807, 2.05) is 13.8 Å². The Bertz CT molecular complexity index is 253. The van der Waals surface area contributed by atoms with Crippen molar-refractivity contribution in [3.05, 3.63) is 0 Å². The number of nitrogens with zero attached hydrogens (tertiary/aromatic N) is 1. The molecule has 1 saturated carbocycles. The van der Waals surface area contributed by atoms with Gasteiger partial charge in [-0.05, 0) is 32.6 Å². The van der Waals surface area contributed by atoms with Gasteiger partial charge in [0.2, 0.25) is 0 Å². The van der Waals surface area contributed by atoms with Crippen molar-refractivity contribution < 1.29 is 5.11 Å². The van der Waals surface area contributed by atoms with Crippen LogP contribution in [-0.4, -0.2) is 29.3 Å². The molecule has 1 aliphatic rings. The van der Waals surface area contributed by atoms with Crippen LogP contribution in [-0.2, 0) is 0 Å². The highest BCUT2D eigenvalue weighted by atomic mass is 16.3. The zero-order valence-corrected chi connectivity index (χ0v) is 10.7. The van der Waals surface area contributed by atoms with Crippen molar-refractivity contribution in [3.63, 3.8) is 0 Å². The first kappa shape index (κ1) is 13.3. The Kier molecular flexibility index (Phi) is 4.59. The molecule has 0 heterocycles. The summed E-state index contributed by atoms with van der Waals surface area (Å²) < 4.78 is 0. The maximum atomic E-state index is 10.3. The molecule has 1 fully saturated rings. The van der Waals surface area contributed by atoms with Crippen molar-refractivity contribution in [2.75, 3.05) is 6.54 Å². The van der Waals surface area contributed by atoms with Gasteiger partial charge in [-0.1, -0.05) is 19.8 Å². The molecule has 0 radical (unpaired) electrons. The van der Waals surface area contributed by atoms with Crippen molar-refractivity contribution in [2.45, 2.75) is 58.1 Å². The van der Waals surface area contributed by atoms with E-state index in [-0.39, 0.29) is 6.04 Å². The summed E-state index contributed by atoms with van der Waals surface area (Å²) in [5, 5.41) is 13.4. The van der Waals surface area contributed by atoms with Crippen LogP contribution in [0.2, 0.25) is 0 Å². The molecule has 2 unspecified atom stereocenters. The minimum atomic E-state index is -0.638. The zero-order chi connectivity index (χ0) is 12.2. The molecule has 0 aliphatic heterocycles. The standard InChI is InChI=1S/C12H25N3O/c1-9(2)15-11(13)14-8-12(16)6-4-5-10(3)7-12/h9-10,16H,4-8H2,1-3H3,(H3,13,14,15). The Morgan fingerprint density at radius 2 is 2.31 bits per heavy atom. The second kappa shape index (κ2) is 5.53. The first-order valence-electron chi connectivity index (χ1n) is 6.20. The molecule has 0 amide bonds. The molecule has 1 rings (SSSR count). The minimum Gasteiger partial charge on any atom is -0.388 e. The largest absolute Gasteiger partial charge is 0.388 e. The number of guanidine groups is 1. The van der Waals surface area contributed by atoms with Crippen LogP contribution in [0.5, 0.6) is 0 Å². The summed E-state index contributed by atoms with van der Waals surface area (Å²) in [6.07, 6.45) is 3.98. The third-order valence-electron chi connectivity index (χ3n) is 3.05. The fraction of sp³-hybridized carbons (Fsp3) is 0.917. The summed E-state index contributed by atoms with van der Waals surface area (Å²) in [7, 11) is 0. The quantitative estimate of drug-likeness (QED) is 0.502. The van der Waals surface area contributed by atoms with Crippen LogP contribution in [0, 0.1) is 5.92 Å². The third-order valence-corrected chi connectivity index (χ3v) is 3.05. The molecule has 2 atom stereocenters. The number of aliphatic hydroxyl groups is 1. The average molecular weight is 227 g/mol. The van der Waals surface area contributed by atoms with Gasteiger partial charge in [0.1, 0.15) is 0 Å². The van der Waals surface area contributed by atoms with Crippen molar-refractivity contribution in [1.29, 1.82) is 0 Å². The lowest BCUT2D eigenvalue weighted by molar-refractivity contribution is -0.00407. The molecule has 0 aromatic rings. The zero-order valence-electron chi connectivity index (χ0n) is 10.7.